The van der Waals surface area contributed by atoms with Crippen LogP contribution in [0.1, 0.15) is 38.5 Å². The molecule has 2 heteroatoms. The summed E-state index contributed by atoms with van der Waals surface area (Å²) >= 11 is 0. The fourth-order valence-electron chi connectivity index (χ4n) is 1.92. The first kappa shape index (κ1) is 10.3. The van der Waals surface area contributed by atoms with Gasteiger partial charge in [-0.05, 0) is 18.8 Å². The second-order valence-electron chi connectivity index (χ2n) is 3.69. The number of ketones is 1. The molecule has 0 aromatic carbocycles. The molecule has 1 saturated carbocycles. The van der Waals surface area contributed by atoms with Crippen molar-refractivity contribution in [2.75, 3.05) is 0 Å². The molecule has 0 bridgehead atoms. The normalized spacial score (nSPS) is 20.6. The molecule has 0 amide bonds. The van der Waals surface area contributed by atoms with Crippen molar-refractivity contribution in [2.45, 2.75) is 44.6 Å². The lowest BCUT2D eigenvalue weighted by molar-refractivity contribution is -0.129. The van der Waals surface area contributed by atoms with Crippen LogP contribution in [-0.4, -0.2) is 17.0 Å². The van der Waals surface area contributed by atoms with Gasteiger partial charge in [-0.25, -0.2) is 0 Å². The molecule has 1 rings (SSSR count). The molecule has 0 aromatic rings. The van der Waals surface area contributed by atoms with Gasteiger partial charge in [0.05, 0.1) is 6.42 Å². The Morgan fingerprint density at radius 2 is 2.08 bits per heavy atom. The molecule has 1 atom stereocenters. The van der Waals surface area contributed by atoms with Crippen LogP contribution in [0, 0.1) is 18.3 Å². The fourth-order valence-corrected chi connectivity index (χ4v) is 1.92. The molecule has 1 unspecified atom stereocenters. The number of hydrogen-bond acceptors (Lipinski definition) is 2. The maximum Gasteiger partial charge on any atom is 0.173 e. The highest BCUT2D eigenvalue weighted by Gasteiger charge is 2.26. The van der Waals surface area contributed by atoms with E-state index in [0.717, 1.165) is 25.7 Å². The first-order valence-electron chi connectivity index (χ1n) is 4.90. The zero-order chi connectivity index (χ0) is 9.68. The number of carbonyl (C=O) groups is 1. The van der Waals surface area contributed by atoms with Crippen LogP contribution in [0.15, 0.2) is 0 Å². The van der Waals surface area contributed by atoms with Gasteiger partial charge in [0.1, 0.15) is 6.10 Å². The van der Waals surface area contributed by atoms with E-state index >= 15 is 0 Å². The summed E-state index contributed by atoms with van der Waals surface area (Å²) in [5.74, 6) is 2.25. The van der Waals surface area contributed by atoms with Gasteiger partial charge in [-0.1, -0.05) is 25.2 Å². The van der Waals surface area contributed by atoms with Crippen molar-refractivity contribution < 1.29 is 9.90 Å². The van der Waals surface area contributed by atoms with E-state index < -0.39 is 6.10 Å². The second-order valence-corrected chi connectivity index (χ2v) is 3.69. The zero-order valence-electron chi connectivity index (χ0n) is 7.83. The van der Waals surface area contributed by atoms with Crippen LogP contribution in [0.3, 0.4) is 0 Å². The maximum absolute atomic E-state index is 11.2. The molecule has 1 aliphatic carbocycles. The Labute approximate surface area is 79.3 Å². The third-order valence-corrected chi connectivity index (χ3v) is 2.70. The monoisotopic (exact) mass is 180 g/mol. The van der Waals surface area contributed by atoms with Crippen LogP contribution in [-0.2, 0) is 4.79 Å². The summed E-state index contributed by atoms with van der Waals surface area (Å²) in [6.07, 6.45) is 9.70. The molecule has 1 fully saturated rings. The molecule has 1 N–H and O–H groups in total. The maximum atomic E-state index is 11.2. The Morgan fingerprint density at radius 1 is 1.46 bits per heavy atom. The molecule has 0 heterocycles. The van der Waals surface area contributed by atoms with E-state index in [1.165, 1.54) is 6.42 Å². The van der Waals surface area contributed by atoms with Crippen LogP contribution in [0.25, 0.3) is 0 Å². The molecule has 0 aromatic heterocycles. The Morgan fingerprint density at radius 3 is 2.62 bits per heavy atom. The molecular weight excluding hydrogens is 164 g/mol. The third kappa shape index (κ3) is 2.86. The van der Waals surface area contributed by atoms with Crippen LogP contribution in [0.2, 0.25) is 0 Å². The lowest BCUT2D eigenvalue weighted by Gasteiger charge is -2.25. The molecule has 2 nitrogen and oxygen atoms in total. The van der Waals surface area contributed by atoms with Gasteiger partial charge in [-0.2, -0.15) is 0 Å². The second kappa shape index (κ2) is 5.04. The molecule has 72 valence electrons. The largest absolute Gasteiger partial charge is 0.385 e. The summed E-state index contributed by atoms with van der Waals surface area (Å²) in [5, 5.41) is 9.63. The average molecular weight is 180 g/mol. The minimum Gasteiger partial charge on any atom is -0.385 e. The lowest BCUT2D eigenvalue weighted by Crippen LogP contribution is -2.30. The fraction of sp³-hybridized carbons (Fsp3) is 0.727. The van der Waals surface area contributed by atoms with Crippen molar-refractivity contribution >= 4 is 5.78 Å². The smallest absolute Gasteiger partial charge is 0.173 e. The van der Waals surface area contributed by atoms with Gasteiger partial charge in [0.2, 0.25) is 0 Å². The van der Waals surface area contributed by atoms with Crippen molar-refractivity contribution in [2.24, 2.45) is 5.92 Å². The van der Waals surface area contributed by atoms with E-state index in [1.54, 1.807) is 0 Å². The minimum atomic E-state index is -0.809. The van der Waals surface area contributed by atoms with Gasteiger partial charge >= 0.3 is 0 Å². The number of carbonyl (C=O) groups excluding carboxylic acids is 1. The van der Waals surface area contributed by atoms with Crippen molar-refractivity contribution in [3.05, 3.63) is 0 Å². The van der Waals surface area contributed by atoms with E-state index in [1.807, 2.05) is 0 Å². The van der Waals surface area contributed by atoms with Crippen molar-refractivity contribution in [1.82, 2.24) is 0 Å². The number of aliphatic hydroxyl groups is 1. The Bertz CT molecular complexity index is 209. The summed E-state index contributed by atoms with van der Waals surface area (Å²) in [4.78, 5) is 11.2. The SMILES string of the molecule is C#CCC(=O)C(O)C1CCCCC1. The van der Waals surface area contributed by atoms with Gasteiger partial charge in [-0.3, -0.25) is 4.79 Å². The first-order valence-corrected chi connectivity index (χ1v) is 4.90. The Balaban J connectivity index is 2.41. The number of hydrogen-bond donors (Lipinski definition) is 1. The molecular formula is C11H16O2. The molecule has 1 aliphatic rings. The van der Waals surface area contributed by atoms with E-state index in [0.29, 0.717) is 0 Å². The van der Waals surface area contributed by atoms with Crippen molar-refractivity contribution in [1.29, 1.82) is 0 Å². The Kier molecular flexibility index (Phi) is 3.98. The summed E-state index contributed by atoms with van der Waals surface area (Å²) in [7, 11) is 0. The third-order valence-electron chi connectivity index (χ3n) is 2.70. The molecule has 0 radical (unpaired) electrons. The number of terminal acetylenes is 1. The van der Waals surface area contributed by atoms with E-state index in [9.17, 15) is 9.90 Å². The molecule has 0 aliphatic heterocycles. The highest BCUT2D eigenvalue weighted by atomic mass is 16.3. The molecule has 0 spiro atoms. The molecule has 0 saturated heterocycles. The van der Waals surface area contributed by atoms with Crippen LogP contribution in [0.4, 0.5) is 0 Å². The van der Waals surface area contributed by atoms with E-state index in [4.69, 9.17) is 6.42 Å². The number of aliphatic hydroxyl groups excluding tert-OH is 1. The van der Waals surface area contributed by atoms with Gasteiger partial charge in [-0.15, -0.1) is 6.42 Å². The van der Waals surface area contributed by atoms with Gasteiger partial charge in [0.15, 0.2) is 5.78 Å². The first-order chi connectivity index (χ1) is 6.25. The quantitative estimate of drug-likeness (QED) is 0.669. The molecule has 13 heavy (non-hydrogen) atoms. The highest BCUT2D eigenvalue weighted by Crippen LogP contribution is 2.27. The standard InChI is InChI=1S/C11H16O2/c1-2-6-10(12)11(13)9-7-4-3-5-8-9/h1,9,11,13H,3-8H2. The van der Waals surface area contributed by atoms with Crippen LogP contribution >= 0.6 is 0 Å². The van der Waals surface area contributed by atoms with Gasteiger partial charge in [0.25, 0.3) is 0 Å². The van der Waals surface area contributed by atoms with E-state index in [-0.39, 0.29) is 18.1 Å². The van der Waals surface area contributed by atoms with Gasteiger partial charge in [0, 0.05) is 0 Å². The lowest BCUT2D eigenvalue weighted by atomic mass is 9.83. The summed E-state index contributed by atoms with van der Waals surface area (Å²) in [5.41, 5.74) is 0. The number of rotatable bonds is 3. The zero-order valence-corrected chi connectivity index (χ0v) is 7.83. The van der Waals surface area contributed by atoms with Crippen LogP contribution < -0.4 is 0 Å². The Hall–Kier alpha value is -0.810. The summed E-state index contributed by atoms with van der Waals surface area (Å²) in [6.45, 7) is 0. The van der Waals surface area contributed by atoms with Gasteiger partial charge < -0.3 is 5.11 Å². The van der Waals surface area contributed by atoms with Crippen LogP contribution in [0.5, 0.6) is 0 Å². The van der Waals surface area contributed by atoms with E-state index in [2.05, 4.69) is 5.92 Å². The topological polar surface area (TPSA) is 37.3 Å². The average Bonchev–Trinajstić information content (AvgIpc) is 2.18. The number of Topliss-reactive ketones (excluding diaryl/α,β-unsaturated/α-hetero) is 1. The predicted molar refractivity (Wildman–Crippen MR) is 51.0 cm³/mol. The highest BCUT2D eigenvalue weighted by molar-refractivity contribution is 5.85. The predicted octanol–water partition coefficient (Wildman–Crippen LogP) is 1.52. The van der Waals surface area contributed by atoms with Crippen molar-refractivity contribution in [3.63, 3.8) is 0 Å². The summed E-state index contributed by atoms with van der Waals surface area (Å²) < 4.78 is 0. The minimum absolute atomic E-state index is 0.0671. The summed E-state index contributed by atoms with van der Waals surface area (Å²) in [6, 6.07) is 0. The van der Waals surface area contributed by atoms with Crippen molar-refractivity contribution in [3.8, 4) is 12.3 Å².